The first kappa shape index (κ1) is 60.2. The van der Waals surface area contributed by atoms with Crippen molar-refractivity contribution < 1.29 is 47.8 Å². The minimum Gasteiger partial charge on any atom is -0.480 e. The van der Waals surface area contributed by atoms with E-state index in [1.165, 1.54) is 89.9 Å². The van der Waals surface area contributed by atoms with Crippen molar-refractivity contribution in [3.8, 4) is 0 Å². The highest BCUT2D eigenvalue weighted by atomic mass is 31.2. The van der Waals surface area contributed by atoms with Gasteiger partial charge in [0.15, 0.2) is 6.04 Å². The molecule has 0 radical (unpaired) electrons. The molecule has 3 atom stereocenters. The van der Waals surface area contributed by atoms with Crippen LogP contribution in [0.4, 0.5) is 0 Å². The number of carbonyl (C=O) groups excluding carboxylic acids is 2. The zero-order valence-corrected chi connectivity index (χ0v) is 40.5. The summed E-state index contributed by atoms with van der Waals surface area (Å²) in [6.45, 7) is 2.55. The van der Waals surface area contributed by atoms with E-state index >= 15 is 0 Å². The Morgan fingerprint density at radius 1 is 0.508 bits per heavy atom. The normalized spacial score (nSPS) is 14.1. The Hall–Kier alpha value is -2.82. The molecule has 63 heavy (non-hydrogen) atoms. The molecule has 11 nitrogen and oxygen atoms in total. The summed E-state index contributed by atoms with van der Waals surface area (Å²) >= 11 is 0. The Morgan fingerprint density at radius 3 is 1.33 bits per heavy atom. The second-order valence-corrected chi connectivity index (χ2v) is 18.1. The number of carbonyl (C=O) groups is 3. The van der Waals surface area contributed by atoms with Crippen LogP contribution in [0.2, 0.25) is 0 Å². The van der Waals surface area contributed by atoms with Crippen molar-refractivity contribution in [2.24, 2.45) is 0 Å². The number of carboxylic acid groups (broad SMARTS) is 1. The minimum atomic E-state index is -4.77. The quantitative estimate of drug-likeness (QED) is 0.0200. The molecular formula is C51H90NO10P. The number of hydrogen-bond acceptors (Lipinski definition) is 8. The lowest BCUT2D eigenvalue weighted by Gasteiger charge is -2.18. The highest BCUT2D eigenvalue weighted by molar-refractivity contribution is 7.47. The van der Waals surface area contributed by atoms with Crippen molar-refractivity contribution in [3.05, 3.63) is 60.8 Å². The van der Waals surface area contributed by atoms with Gasteiger partial charge in [-0.2, -0.15) is 0 Å². The van der Waals surface area contributed by atoms with Crippen LogP contribution in [0, 0.1) is 0 Å². The van der Waals surface area contributed by atoms with Crippen LogP contribution in [-0.4, -0.2) is 64.9 Å². The molecule has 0 aromatic rings. The van der Waals surface area contributed by atoms with Gasteiger partial charge in [0.1, 0.15) is 12.7 Å². The van der Waals surface area contributed by atoms with Crippen LogP contribution in [0.15, 0.2) is 60.8 Å². The Bertz CT molecular complexity index is 1300. The number of nitrogens with one attached hydrogen (secondary N) is 1. The predicted molar refractivity (Wildman–Crippen MR) is 258 cm³/mol. The molecule has 3 unspecified atom stereocenters. The maximum atomic E-state index is 12.3. The number of unbranched alkanes of at least 4 members (excludes halogenated alkanes) is 22. The lowest BCUT2D eigenvalue weighted by Crippen LogP contribution is -2.43. The number of phosphoric acid groups is 1. The number of hydrogen-bond donors (Lipinski definition) is 4. The summed E-state index contributed by atoms with van der Waals surface area (Å²) in [6, 6.07) is -1.55. The number of ether oxygens (including phenoxy) is 1. The highest BCUT2D eigenvalue weighted by Gasteiger charge is 2.28. The third kappa shape index (κ3) is 45.5. The molecule has 12 heteroatoms. The third-order valence-electron chi connectivity index (χ3n) is 10.5. The molecule has 0 saturated heterocycles. The van der Waals surface area contributed by atoms with Crippen LogP contribution in [0.3, 0.4) is 0 Å². The van der Waals surface area contributed by atoms with Crippen molar-refractivity contribution in [3.63, 3.8) is 0 Å². The number of phosphoric ester groups is 1. The molecule has 0 aliphatic rings. The number of amides is 1. The molecule has 0 saturated carbocycles. The van der Waals surface area contributed by atoms with Crippen molar-refractivity contribution >= 4 is 25.7 Å². The summed E-state index contributed by atoms with van der Waals surface area (Å²) in [6.07, 6.45) is 53.7. The van der Waals surface area contributed by atoms with E-state index in [0.29, 0.717) is 12.8 Å². The molecule has 0 aromatic carbocycles. The van der Waals surface area contributed by atoms with Gasteiger partial charge >= 0.3 is 19.8 Å². The Kier molecular flexibility index (Phi) is 43.7. The fourth-order valence-electron chi connectivity index (χ4n) is 6.65. The van der Waals surface area contributed by atoms with Gasteiger partial charge in [0.25, 0.3) is 0 Å². The van der Waals surface area contributed by atoms with Gasteiger partial charge in [-0.15, -0.1) is 0 Å². The minimum absolute atomic E-state index is 0.134. The zero-order valence-electron chi connectivity index (χ0n) is 39.6. The topological polar surface area (TPSA) is 169 Å². The number of aliphatic carboxylic acids is 1. The average molecular weight is 908 g/mol. The molecule has 1 amide bonds. The first-order chi connectivity index (χ1) is 30.6. The summed E-state index contributed by atoms with van der Waals surface area (Å²) in [4.78, 5) is 46.1. The number of allylic oxidation sites excluding steroid dienone is 10. The molecule has 0 bridgehead atoms. The van der Waals surface area contributed by atoms with Gasteiger partial charge in [0, 0.05) is 12.8 Å². The first-order valence-corrected chi connectivity index (χ1v) is 26.3. The van der Waals surface area contributed by atoms with E-state index in [1.807, 2.05) is 0 Å². The van der Waals surface area contributed by atoms with E-state index in [4.69, 9.17) is 13.8 Å². The Labute approximate surface area is 383 Å². The van der Waals surface area contributed by atoms with Crippen LogP contribution in [0.25, 0.3) is 0 Å². The van der Waals surface area contributed by atoms with Crippen LogP contribution >= 0.6 is 7.82 Å². The van der Waals surface area contributed by atoms with Gasteiger partial charge in [-0.05, 0) is 83.5 Å². The Balaban J connectivity index is 3.87. The molecule has 0 rings (SSSR count). The summed E-state index contributed by atoms with van der Waals surface area (Å²) in [5.74, 6) is -2.39. The lowest BCUT2D eigenvalue weighted by atomic mass is 10.1. The van der Waals surface area contributed by atoms with Gasteiger partial charge in [0.2, 0.25) is 5.91 Å². The molecule has 364 valence electrons. The molecule has 0 heterocycles. The van der Waals surface area contributed by atoms with E-state index in [-0.39, 0.29) is 12.8 Å². The van der Waals surface area contributed by atoms with E-state index in [1.54, 1.807) is 0 Å². The monoisotopic (exact) mass is 908 g/mol. The molecule has 0 aliphatic carbocycles. The van der Waals surface area contributed by atoms with Gasteiger partial charge in [-0.25, -0.2) is 9.36 Å². The SMILES string of the molecule is CCCCC/C=C\C/C=C\C/C=C\CCCCCCCCCCC(=O)OCC(O)COP(=O)(O)OCC(NC(=O)CCCCCCCCC/C=C\C/C=C\CCCCCC)C(=O)O. The molecule has 0 aliphatic heterocycles. The van der Waals surface area contributed by atoms with Crippen molar-refractivity contribution in [2.75, 3.05) is 19.8 Å². The maximum absolute atomic E-state index is 12.3. The largest absolute Gasteiger partial charge is 0.480 e. The van der Waals surface area contributed by atoms with Gasteiger partial charge in [-0.3, -0.25) is 18.6 Å². The van der Waals surface area contributed by atoms with Crippen LogP contribution < -0.4 is 5.32 Å². The lowest BCUT2D eigenvalue weighted by molar-refractivity contribution is -0.147. The van der Waals surface area contributed by atoms with Gasteiger partial charge < -0.3 is 25.2 Å². The summed E-state index contributed by atoms with van der Waals surface area (Å²) in [5, 5.41) is 21.9. The van der Waals surface area contributed by atoms with Crippen LogP contribution in [-0.2, 0) is 32.7 Å². The van der Waals surface area contributed by atoms with E-state index in [0.717, 1.165) is 83.5 Å². The first-order valence-electron chi connectivity index (χ1n) is 24.8. The fraction of sp³-hybridized carbons (Fsp3) is 0.745. The summed E-state index contributed by atoms with van der Waals surface area (Å²) < 4.78 is 26.9. The Morgan fingerprint density at radius 2 is 0.873 bits per heavy atom. The van der Waals surface area contributed by atoms with Gasteiger partial charge in [0.05, 0.1) is 13.2 Å². The van der Waals surface area contributed by atoms with E-state index in [9.17, 15) is 34.1 Å². The average Bonchev–Trinajstić information content (AvgIpc) is 3.26. The van der Waals surface area contributed by atoms with E-state index < -0.39 is 57.6 Å². The number of aliphatic hydroxyl groups excluding tert-OH is 1. The summed E-state index contributed by atoms with van der Waals surface area (Å²) in [7, 11) is -4.77. The molecule has 0 fully saturated rings. The molecule has 4 N–H and O–H groups in total. The molecular weight excluding hydrogens is 818 g/mol. The highest BCUT2D eigenvalue weighted by Crippen LogP contribution is 2.43. The van der Waals surface area contributed by atoms with Crippen LogP contribution in [0.1, 0.15) is 213 Å². The van der Waals surface area contributed by atoms with Crippen LogP contribution in [0.5, 0.6) is 0 Å². The van der Waals surface area contributed by atoms with Gasteiger partial charge in [-0.1, -0.05) is 177 Å². The van der Waals surface area contributed by atoms with Crippen molar-refractivity contribution in [1.29, 1.82) is 0 Å². The summed E-state index contributed by atoms with van der Waals surface area (Å²) in [5.41, 5.74) is 0. The van der Waals surface area contributed by atoms with Crippen molar-refractivity contribution in [1.82, 2.24) is 5.32 Å². The second kappa shape index (κ2) is 45.7. The molecule has 0 spiro atoms. The zero-order chi connectivity index (χ0) is 46.3. The standard InChI is InChI=1S/C51H90NO10P/c1-3-5-7-9-11-13-15-17-19-21-23-24-25-27-29-31-33-35-37-39-41-43-50(55)60-44-47(53)45-61-63(58,59)62-46-48(51(56)57)52-49(54)42-40-38-36-34-32-30-28-26-22-20-18-16-14-12-10-8-6-4-2/h11,13-14,16-17,19-20,22-24,47-48,53H,3-10,12,15,18,21,25-46H2,1-2H3,(H,52,54)(H,56,57)(H,58,59)/b13-11-,16-14-,19-17-,22-20-,24-23-. The smallest absolute Gasteiger partial charge is 0.472 e. The number of carboxylic acids is 1. The number of esters is 1. The number of rotatable bonds is 46. The third-order valence-corrected chi connectivity index (χ3v) is 11.5. The van der Waals surface area contributed by atoms with Crippen molar-refractivity contribution in [2.45, 2.75) is 225 Å². The number of aliphatic hydroxyl groups is 1. The predicted octanol–water partition coefficient (Wildman–Crippen LogP) is 13.5. The maximum Gasteiger partial charge on any atom is 0.472 e. The second-order valence-electron chi connectivity index (χ2n) is 16.6. The van der Waals surface area contributed by atoms with E-state index in [2.05, 4.69) is 79.9 Å². The molecule has 0 aromatic heterocycles. The fourth-order valence-corrected chi connectivity index (χ4v) is 7.42.